The summed E-state index contributed by atoms with van der Waals surface area (Å²) in [4.78, 5) is 29.6. The Labute approximate surface area is 183 Å². The molecule has 0 bridgehead atoms. The van der Waals surface area contributed by atoms with Gasteiger partial charge in [0, 0.05) is 48.7 Å². The van der Waals surface area contributed by atoms with E-state index in [-0.39, 0.29) is 17.5 Å². The predicted molar refractivity (Wildman–Crippen MR) is 126 cm³/mol. The topological polar surface area (TPSA) is 47.2 Å². The number of para-hydroxylation sites is 1. The number of piperidine rings is 1. The molecule has 1 aromatic carbocycles. The van der Waals surface area contributed by atoms with Gasteiger partial charge in [0.05, 0.1) is 5.56 Å². The minimum absolute atomic E-state index is 0.0394. The summed E-state index contributed by atoms with van der Waals surface area (Å²) in [7, 11) is 1.95. The largest absolute Gasteiger partial charge is 0.339 e. The van der Waals surface area contributed by atoms with Crippen LogP contribution in [0.1, 0.15) is 68.8 Å². The zero-order chi connectivity index (χ0) is 21.7. The zero-order valence-corrected chi connectivity index (χ0v) is 18.9. The van der Waals surface area contributed by atoms with Gasteiger partial charge in [0.15, 0.2) is 0 Å². The molecule has 31 heavy (non-hydrogen) atoms. The third-order valence-corrected chi connectivity index (χ3v) is 7.44. The monoisotopic (exact) mass is 419 g/mol. The molecule has 1 saturated heterocycles. The lowest BCUT2D eigenvalue weighted by molar-refractivity contribution is 0.0624. The fourth-order valence-corrected chi connectivity index (χ4v) is 6.09. The molecule has 164 valence electrons. The highest BCUT2D eigenvalue weighted by Gasteiger charge is 2.30. The Bertz CT molecular complexity index is 1190. The molecule has 1 amide bonds. The van der Waals surface area contributed by atoms with E-state index in [0.29, 0.717) is 22.9 Å². The van der Waals surface area contributed by atoms with Crippen molar-refractivity contribution in [2.45, 2.75) is 58.4 Å². The number of hydrogen-bond donors (Lipinski definition) is 0. The van der Waals surface area contributed by atoms with Gasteiger partial charge in [-0.05, 0) is 37.2 Å². The summed E-state index contributed by atoms with van der Waals surface area (Å²) in [5.74, 6) is 1.07. The maximum atomic E-state index is 13.9. The van der Waals surface area contributed by atoms with Gasteiger partial charge in [-0.3, -0.25) is 9.59 Å². The average Bonchev–Trinajstić information content (AvgIpc) is 3.07. The van der Waals surface area contributed by atoms with Crippen molar-refractivity contribution in [3.05, 3.63) is 46.4 Å². The van der Waals surface area contributed by atoms with Crippen LogP contribution < -0.4 is 5.56 Å². The maximum absolute atomic E-state index is 13.9. The number of aryl methyl sites for hydroxylation is 1. The molecule has 2 atom stereocenters. The highest BCUT2D eigenvalue weighted by molar-refractivity contribution is 6.17. The molecule has 1 aliphatic heterocycles. The smallest absolute Gasteiger partial charge is 0.275 e. The van der Waals surface area contributed by atoms with E-state index in [0.717, 1.165) is 61.5 Å². The normalized spacial score (nSPS) is 23.0. The van der Waals surface area contributed by atoms with Crippen molar-refractivity contribution in [1.29, 1.82) is 0 Å². The van der Waals surface area contributed by atoms with Crippen molar-refractivity contribution in [1.82, 2.24) is 14.0 Å². The molecule has 1 saturated carbocycles. The Hall–Kier alpha value is -2.56. The van der Waals surface area contributed by atoms with Crippen molar-refractivity contribution in [2.75, 3.05) is 13.1 Å². The molecular weight excluding hydrogens is 386 g/mol. The van der Waals surface area contributed by atoms with Gasteiger partial charge in [0.1, 0.15) is 5.52 Å². The van der Waals surface area contributed by atoms with E-state index in [1.54, 1.807) is 0 Å². The number of fused-ring (bicyclic) bond motifs is 3. The van der Waals surface area contributed by atoms with E-state index in [4.69, 9.17) is 0 Å². The Morgan fingerprint density at radius 3 is 2.39 bits per heavy atom. The van der Waals surface area contributed by atoms with Crippen LogP contribution in [0.15, 0.2) is 35.3 Å². The van der Waals surface area contributed by atoms with Gasteiger partial charge in [-0.1, -0.05) is 51.3 Å². The number of likely N-dealkylation sites (tertiary alicyclic amines) is 1. The number of hydrogen-bond acceptors (Lipinski definition) is 2. The standard InChI is InChI=1S/C26H33N3O2/c1-17-13-18(2)15-28(14-17)25(30)21-16-29(19-9-5-4-6-10-19)26(31)24-23(21)20-11-7-8-12-22(20)27(24)3/h7-8,11-12,16-19H,4-6,9-10,13-15H2,1-3H3/t17-,18-/m0/s1. The van der Waals surface area contributed by atoms with Crippen molar-refractivity contribution in [3.8, 4) is 0 Å². The summed E-state index contributed by atoms with van der Waals surface area (Å²) < 4.78 is 3.88. The van der Waals surface area contributed by atoms with Crippen LogP contribution >= 0.6 is 0 Å². The number of aromatic nitrogens is 2. The summed E-state index contributed by atoms with van der Waals surface area (Å²) in [5.41, 5.74) is 2.40. The molecule has 2 aliphatic rings. The fraction of sp³-hybridized carbons (Fsp3) is 0.538. The minimum atomic E-state index is 0.0394. The molecule has 5 nitrogen and oxygen atoms in total. The lowest BCUT2D eigenvalue weighted by atomic mass is 9.91. The van der Waals surface area contributed by atoms with Crippen molar-refractivity contribution in [3.63, 3.8) is 0 Å². The number of pyridine rings is 1. The highest BCUT2D eigenvalue weighted by Crippen LogP contribution is 2.33. The summed E-state index contributed by atoms with van der Waals surface area (Å²) in [6, 6.07) is 8.26. The molecule has 3 aromatic rings. The number of rotatable bonds is 2. The number of amides is 1. The van der Waals surface area contributed by atoms with Gasteiger partial charge in [0.25, 0.3) is 11.5 Å². The molecule has 0 unspecified atom stereocenters. The van der Waals surface area contributed by atoms with Gasteiger partial charge in [-0.15, -0.1) is 0 Å². The molecule has 5 rings (SSSR count). The van der Waals surface area contributed by atoms with E-state index in [1.807, 2.05) is 51.5 Å². The van der Waals surface area contributed by atoms with Crippen LogP contribution in [-0.2, 0) is 7.05 Å². The predicted octanol–water partition coefficient (Wildman–Crippen LogP) is 5.12. The van der Waals surface area contributed by atoms with E-state index in [9.17, 15) is 9.59 Å². The molecule has 0 spiro atoms. The van der Waals surface area contributed by atoms with Crippen LogP contribution in [0.3, 0.4) is 0 Å². The van der Waals surface area contributed by atoms with Crippen molar-refractivity contribution in [2.24, 2.45) is 18.9 Å². The summed E-state index contributed by atoms with van der Waals surface area (Å²) in [6.45, 7) is 6.04. The second-order valence-electron chi connectivity index (χ2n) is 10.0. The van der Waals surface area contributed by atoms with Crippen LogP contribution in [0, 0.1) is 11.8 Å². The second kappa shape index (κ2) is 7.85. The van der Waals surface area contributed by atoms with Crippen LogP contribution in [0.4, 0.5) is 0 Å². The minimum Gasteiger partial charge on any atom is -0.339 e. The number of benzene rings is 1. The third kappa shape index (κ3) is 3.38. The average molecular weight is 420 g/mol. The van der Waals surface area contributed by atoms with E-state index >= 15 is 0 Å². The van der Waals surface area contributed by atoms with E-state index in [1.165, 1.54) is 6.42 Å². The van der Waals surface area contributed by atoms with Gasteiger partial charge in [0.2, 0.25) is 0 Å². The van der Waals surface area contributed by atoms with Gasteiger partial charge < -0.3 is 14.0 Å². The summed E-state index contributed by atoms with van der Waals surface area (Å²) in [5, 5.41) is 1.82. The Balaban J connectivity index is 1.75. The Morgan fingerprint density at radius 1 is 1.00 bits per heavy atom. The van der Waals surface area contributed by atoms with Crippen LogP contribution in [0.25, 0.3) is 21.8 Å². The molecule has 3 heterocycles. The first-order chi connectivity index (χ1) is 15.0. The molecular formula is C26H33N3O2. The van der Waals surface area contributed by atoms with Crippen molar-refractivity contribution >= 4 is 27.7 Å². The first-order valence-electron chi connectivity index (χ1n) is 11.9. The number of nitrogens with zero attached hydrogens (tertiary/aromatic N) is 3. The van der Waals surface area contributed by atoms with E-state index in [2.05, 4.69) is 13.8 Å². The first kappa shape index (κ1) is 20.3. The zero-order valence-electron chi connectivity index (χ0n) is 18.9. The molecule has 2 aromatic heterocycles. The lowest BCUT2D eigenvalue weighted by Gasteiger charge is -2.35. The highest BCUT2D eigenvalue weighted by atomic mass is 16.2. The Kier molecular flexibility index (Phi) is 5.15. The number of carbonyl (C=O) groups is 1. The molecule has 0 N–H and O–H groups in total. The van der Waals surface area contributed by atoms with Gasteiger partial charge >= 0.3 is 0 Å². The molecule has 5 heteroatoms. The van der Waals surface area contributed by atoms with Gasteiger partial charge in [-0.25, -0.2) is 0 Å². The van der Waals surface area contributed by atoms with Gasteiger partial charge in [-0.2, -0.15) is 0 Å². The third-order valence-electron chi connectivity index (χ3n) is 7.44. The van der Waals surface area contributed by atoms with E-state index < -0.39 is 0 Å². The molecule has 1 aliphatic carbocycles. The van der Waals surface area contributed by atoms with Crippen molar-refractivity contribution < 1.29 is 4.79 Å². The number of carbonyl (C=O) groups excluding carboxylic acids is 1. The molecule has 2 fully saturated rings. The first-order valence-corrected chi connectivity index (χ1v) is 11.9. The van der Waals surface area contributed by atoms with Crippen LogP contribution in [0.2, 0.25) is 0 Å². The second-order valence-corrected chi connectivity index (χ2v) is 10.0. The summed E-state index contributed by atoms with van der Waals surface area (Å²) in [6.07, 6.45) is 8.62. The quantitative estimate of drug-likeness (QED) is 0.579. The molecule has 0 radical (unpaired) electrons. The van der Waals surface area contributed by atoms with Crippen LogP contribution in [0.5, 0.6) is 0 Å². The SMILES string of the molecule is C[C@H]1C[C@H](C)CN(C(=O)c2cn(C3CCCCC3)c(=O)c3c2c2ccccc2n3C)C1. The van der Waals surface area contributed by atoms with Crippen LogP contribution in [-0.4, -0.2) is 33.0 Å². The lowest BCUT2D eigenvalue weighted by Crippen LogP contribution is -2.43. The fourth-order valence-electron chi connectivity index (χ4n) is 6.09. The maximum Gasteiger partial charge on any atom is 0.275 e. The Morgan fingerprint density at radius 2 is 1.68 bits per heavy atom. The summed E-state index contributed by atoms with van der Waals surface area (Å²) >= 11 is 0.